The lowest BCUT2D eigenvalue weighted by molar-refractivity contribution is -0.120. The molecule has 1 amide bonds. The van der Waals surface area contributed by atoms with Gasteiger partial charge in [-0.3, -0.25) is 4.79 Å². The fraction of sp³-hybridized carbons (Fsp3) is 0.280. The van der Waals surface area contributed by atoms with Crippen molar-refractivity contribution in [1.82, 2.24) is 20.0 Å². The van der Waals surface area contributed by atoms with Gasteiger partial charge >= 0.3 is 0 Å². The summed E-state index contributed by atoms with van der Waals surface area (Å²) in [6.07, 6.45) is 1.56. The quantitative estimate of drug-likeness (QED) is 0.504. The fourth-order valence-electron chi connectivity index (χ4n) is 4.53. The van der Waals surface area contributed by atoms with Gasteiger partial charge in [0.2, 0.25) is 5.91 Å². The minimum Gasteiger partial charge on any atom is -0.352 e. The first-order valence-electron chi connectivity index (χ1n) is 11.1. The lowest BCUT2D eigenvalue weighted by Crippen LogP contribution is -2.41. The maximum Gasteiger partial charge on any atom is 0.229 e. The molecule has 0 spiro atoms. The number of nitrogens with one attached hydrogen (secondary N) is 1. The van der Waals surface area contributed by atoms with E-state index in [4.69, 9.17) is 5.10 Å². The molecule has 8 heteroatoms. The second-order valence-corrected chi connectivity index (χ2v) is 8.42. The number of fused-ring (bicyclic) bond motifs is 1. The Balaban J connectivity index is 1.46. The third-order valence-electron chi connectivity index (χ3n) is 6.21. The molecule has 0 saturated carbocycles. The Bertz CT molecular complexity index is 1320. The first-order valence-corrected chi connectivity index (χ1v) is 11.1. The molecule has 0 unspecified atom stereocenters. The van der Waals surface area contributed by atoms with Gasteiger partial charge in [0.15, 0.2) is 5.82 Å². The molecule has 1 aliphatic heterocycles. The Morgan fingerprint density at radius 1 is 1.06 bits per heavy atom. The van der Waals surface area contributed by atoms with Crippen LogP contribution in [0.25, 0.3) is 16.6 Å². The number of benzene rings is 2. The van der Waals surface area contributed by atoms with Gasteiger partial charge in [0.1, 0.15) is 11.3 Å². The second kappa shape index (κ2) is 8.61. The minimum atomic E-state index is -0.438. The lowest BCUT2D eigenvalue weighted by Gasteiger charge is -2.32. The van der Waals surface area contributed by atoms with Crippen LogP contribution in [0.3, 0.4) is 0 Å². The summed E-state index contributed by atoms with van der Waals surface area (Å²) < 4.78 is 15.9. The van der Waals surface area contributed by atoms with Crippen LogP contribution in [0.2, 0.25) is 0 Å². The highest BCUT2D eigenvalue weighted by atomic mass is 19.1. The van der Waals surface area contributed by atoms with Crippen LogP contribution >= 0.6 is 0 Å². The van der Waals surface area contributed by atoms with Crippen molar-refractivity contribution in [1.29, 1.82) is 0 Å². The monoisotopic (exact) mass is 444 g/mol. The Morgan fingerprint density at radius 3 is 2.61 bits per heavy atom. The van der Waals surface area contributed by atoms with Crippen LogP contribution < -0.4 is 10.2 Å². The molecule has 1 atom stereocenters. The molecule has 168 valence electrons. The Kier molecular flexibility index (Phi) is 5.50. The summed E-state index contributed by atoms with van der Waals surface area (Å²) in [5, 5.41) is 17.5. The molecule has 0 aliphatic carbocycles. The molecular weight excluding hydrogens is 419 g/mol. The average molecular weight is 445 g/mol. The van der Waals surface area contributed by atoms with Crippen LogP contribution in [0, 0.1) is 25.6 Å². The number of rotatable bonds is 4. The summed E-state index contributed by atoms with van der Waals surface area (Å²) in [7, 11) is 0. The molecule has 1 saturated heterocycles. The van der Waals surface area contributed by atoms with Gasteiger partial charge in [-0.1, -0.05) is 30.3 Å². The molecule has 33 heavy (non-hydrogen) atoms. The fourth-order valence-corrected chi connectivity index (χ4v) is 4.53. The summed E-state index contributed by atoms with van der Waals surface area (Å²) >= 11 is 0. The highest BCUT2D eigenvalue weighted by Crippen LogP contribution is 2.32. The average Bonchev–Trinajstić information content (AvgIpc) is 3.19. The van der Waals surface area contributed by atoms with Crippen molar-refractivity contribution >= 4 is 28.3 Å². The minimum absolute atomic E-state index is 0.188. The smallest absolute Gasteiger partial charge is 0.229 e. The van der Waals surface area contributed by atoms with Crippen LogP contribution in [0.1, 0.15) is 24.2 Å². The number of aryl methyl sites for hydroxylation is 2. The number of halogens is 1. The zero-order valence-electron chi connectivity index (χ0n) is 18.6. The molecule has 1 aliphatic rings. The summed E-state index contributed by atoms with van der Waals surface area (Å²) in [5.74, 6) is -0.232. The van der Waals surface area contributed by atoms with Crippen molar-refractivity contribution in [2.45, 2.75) is 26.7 Å². The molecule has 3 heterocycles. The lowest BCUT2D eigenvalue weighted by atomic mass is 9.97. The van der Waals surface area contributed by atoms with E-state index in [9.17, 15) is 9.18 Å². The molecule has 0 radical (unpaired) electrons. The molecule has 4 aromatic rings. The molecule has 1 N–H and O–H groups in total. The predicted octanol–water partition coefficient (Wildman–Crippen LogP) is 4.43. The number of hydrogen-bond acceptors (Lipinski definition) is 5. The van der Waals surface area contributed by atoms with Gasteiger partial charge in [0, 0.05) is 13.1 Å². The number of aromatic nitrogens is 4. The summed E-state index contributed by atoms with van der Waals surface area (Å²) in [4.78, 5) is 15.0. The normalized spacial score (nSPS) is 16.2. The van der Waals surface area contributed by atoms with E-state index in [1.807, 2.05) is 48.9 Å². The molecule has 7 nitrogen and oxygen atoms in total. The van der Waals surface area contributed by atoms with Crippen LogP contribution in [0.5, 0.6) is 0 Å². The number of hydrogen-bond donors (Lipinski definition) is 1. The van der Waals surface area contributed by atoms with E-state index >= 15 is 0 Å². The maximum atomic E-state index is 14.0. The van der Waals surface area contributed by atoms with Crippen LogP contribution in [-0.4, -0.2) is 39.0 Å². The van der Waals surface area contributed by atoms with Gasteiger partial charge in [-0.05, 0) is 51.0 Å². The van der Waals surface area contributed by atoms with E-state index in [1.165, 1.54) is 6.07 Å². The first-order chi connectivity index (χ1) is 16.0. The molecule has 2 aromatic carbocycles. The van der Waals surface area contributed by atoms with Gasteiger partial charge in [-0.15, -0.1) is 5.10 Å². The Morgan fingerprint density at radius 2 is 1.82 bits per heavy atom. The second-order valence-electron chi connectivity index (χ2n) is 8.42. The molecular formula is C25H25FN6O. The highest BCUT2D eigenvalue weighted by molar-refractivity contribution is 5.95. The number of anilines is 2. The van der Waals surface area contributed by atoms with Crippen molar-refractivity contribution in [2.75, 3.05) is 23.3 Å². The molecule has 2 aromatic heterocycles. The maximum absolute atomic E-state index is 14.0. The topological polar surface area (TPSA) is 75.9 Å². The van der Waals surface area contributed by atoms with Crippen LogP contribution in [-0.2, 0) is 4.79 Å². The molecule has 5 rings (SSSR count). The number of nitrogens with zero attached hydrogens (tertiary/aromatic N) is 5. The number of amides is 1. The molecule has 1 fully saturated rings. The van der Waals surface area contributed by atoms with E-state index in [0.29, 0.717) is 12.4 Å². The van der Waals surface area contributed by atoms with Gasteiger partial charge in [0.05, 0.1) is 34.1 Å². The summed E-state index contributed by atoms with van der Waals surface area (Å²) in [5.41, 5.74) is 3.76. The van der Waals surface area contributed by atoms with E-state index < -0.39 is 5.82 Å². The van der Waals surface area contributed by atoms with Crippen LogP contribution in [0.4, 0.5) is 15.9 Å². The van der Waals surface area contributed by atoms with Crippen LogP contribution in [0.15, 0.2) is 54.6 Å². The predicted molar refractivity (Wildman–Crippen MR) is 126 cm³/mol. The summed E-state index contributed by atoms with van der Waals surface area (Å²) in [6, 6.07) is 16.2. The van der Waals surface area contributed by atoms with E-state index in [2.05, 4.69) is 20.4 Å². The van der Waals surface area contributed by atoms with Gasteiger partial charge in [-0.25, -0.2) is 9.07 Å². The van der Waals surface area contributed by atoms with Crippen molar-refractivity contribution in [2.24, 2.45) is 5.92 Å². The standard InChI is InChI=1S/C25H25FN6O/c1-16-22-17(2)32(19-10-4-3-5-11-19)30-23(22)24(29-28-16)31-14-8-9-18(15-31)25(33)27-21-13-7-6-12-20(21)26/h3-7,10-13,18H,8-9,14-15H2,1-2H3,(H,27,33)/t18-/m0/s1. The van der Waals surface area contributed by atoms with Crippen molar-refractivity contribution in [3.8, 4) is 5.69 Å². The van der Waals surface area contributed by atoms with Crippen molar-refractivity contribution < 1.29 is 9.18 Å². The summed E-state index contributed by atoms with van der Waals surface area (Å²) in [6.45, 7) is 5.20. The van der Waals surface area contributed by atoms with Gasteiger partial charge in [-0.2, -0.15) is 10.2 Å². The number of piperidine rings is 1. The zero-order valence-corrected chi connectivity index (χ0v) is 18.6. The molecule has 0 bridgehead atoms. The first kappa shape index (κ1) is 21.1. The highest BCUT2D eigenvalue weighted by Gasteiger charge is 2.29. The van der Waals surface area contributed by atoms with Gasteiger partial charge in [0.25, 0.3) is 0 Å². The number of para-hydroxylation sites is 2. The van der Waals surface area contributed by atoms with Crippen molar-refractivity contribution in [3.05, 3.63) is 71.8 Å². The number of carbonyl (C=O) groups excluding carboxylic acids is 1. The van der Waals surface area contributed by atoms with Crippen molar-refractivity contribution in [3.63, 3.8) is 0 Å². The van der Waals surface area contributed by atoms with E-state index in [1.54, 1.807) is 18.2 Å². The third kappa shape index (κ3) is 3.92. The van der Waals surface area contributed by atoms with E-state index in [0.717, 1.165) is 47.4 Å². The number of carbonyl (C=O) groups is 1. The van der Waals surface area contributed by atoms with Gasteiger partial charge < -0.3 is 10.2 Å². The zero-order chi connectivity index (χ0) is 22.9. The largest absolute Gasteiger partial charge is 0.352 e. The van der Waals surface area contributed by atoms with E-state index in [-0.39, 0.29) is 17.5 Å². The Labute approximate surface area is 191 Å². The SMILES string of the molecule is Cc1nnc(N2CCC[C@H](C(=O)Nc3ccccc3F)C2)c2nn(-c3ccccc3)c(C)c12. The third-order valence-corrected chi connectivity index (χ3v) is 6.21. The Hall–Kier alpha value is -3.81.